The van der Waals surface area contributed by atoms with Crippen LogP contribution in [-0.4, -0.2) is 39.2 Å². The molecule has 1 N–H and O–H groups in total. The first-order valence-electron chi connectivity index (χ1n) is 7.91. The van der Waals surface area contributed by atoms with Crippen molar-refractivity contribution in [3.63, 3.8) is 0 Å². The van der Waals surface area contributed by atoms with E-state index in [-0.39, 0.29) is 5.91 Å². The van der Waals surface area contributed by atoms with E-state index in [1.807, 2.05) is 30.3 Å². The Morgan fingerprint density at radius 1 is 1.04 bits per heavy atom. The lowest BCUT2D eigenvalue weighted by atomic mass is 10.2. The van der Waals surface area contributed by atoms with E-state index >= 15 is 0 Å². The van der Waals surface area contributed by atoms with Gasteiger partial charge < -0.3 is 14.2 Å². The highest BCUT2D eigenvalue weighted by Gasteiger charge is 2.04. The van der Waals surface area contributed by atoms with Crippen molar-refractivity contribution in [1.29, 1.82) is 0 Å². The topological polar surface area (TPSA) is 69.2 Å². The number of benzene rings is 2. The Morgan fingerprint density at radius 3 is 2.42 bits per heavy atom. The Balaban J connectivity index is 1.76. The molecule has 0 atom stereocenters. The SMILES string of the molecule is COc1ccc(CSCC(=O)N/N=C/c2ccc(OC)c(OC)c2)cc1. The fourth-order valence-corrected chi connectivity index (χ4v) is 2.91. The standard InChI is InChI=1S/C19H22N2O4S/c1-23-16-7-4-14(5-8-16)12-26-13-19(22)21-20-11-15-6-9-17(24-2)18(10-15)25-3/h4-11H,12-13H2,1-3H3,(H,21,22)/b20-11+. The first-order valence-corrected chi connectivity index (χ1v) is 9.06. The third-order valence-corrected chi connectivity index (χ3v) is 4.48. The molecule has 0 saturated heterocycles. The molecule has 0 aliphatic carbocycles. The zero-order valence-electron chi connectivity index (χ0n) is 15.0. The zero-order valence-corrected chi connectivity index (χ0v) is 15.8. The lowest BCUT2D eigenvalue weighted by Gasteiger charge is -2.07. The van der Waals surface area contributed by atoms with Crippen molar-refractivity contribution in [2.45, 2.75) is 5.75 Å². The van der Waals surface area contributed by atoms with E-state index in [2.05, 4.69) is 10.5 Å². The highest BCUT2D eigenvalue weighted by Crippen LogP contribution is 2.26. The maximum Gasteiger partial charge on any atom is 0.250 e. The van der Waals surface area contributed by atoms with Gasteiger partial charge in [0.15, 0.2) is 11.5 Å². The number of rotatable bonds is 9. The first kappa shape index (κ1) is 19.7. The third-order valence-electron chi connectivity index (χ3n) is 3.47. The van der Waals surface area contributed by atoms with E-state index in [9.17, 15) is 4.79 Å². The molecule has 7 heteroatoms. The van der Waals surface area contributed by atoms with Gasteiger partial charge in [0.2, 0.25) is 5.91 Å². The molecule has 0 aromatic heterocycles. The molecule has 0 bridgehead atoms. The Bertz CT molecular complexity index is 748. The van der Waals surface area contributed by atoms with Crippen LogP contribution < -0.4 is 19.6 Å². The summed E-state index contributed by atoms with van der Waals surface area (Å²) in [6, 6.07) is 13.2. The second kappa shape index (κ2) is 10.4. The molecule has 0 heterocycles. The summed E-state index contributed by atoms with van der Waals surface area (Å²) < 4.78 is 15.5. The van der Waals surface area contributed by atoms with Gasteiger partial charge in [-0.3, -0.25) is 4.79 Å². The van der Waals surface area contributed by atoms with E-state index in [0.29, 0.717) is 17.3 Å². The van der Waals surface area contributed by atoms with Gasteiger partial charge in [-0.1, -0.05) is 12.1 Å². The second-order valence-corrected chi connectivity index (χ2v) is 6.23. The summed E-state index contributed by atoms with van der Waals surface area (Å²) in [6.45, 7) is 0. The van der Waals surface area contributed by atoms with Crippen molar-refractivity contribution in [3.8, 4) is 17.2 Å². The average Bonchev–Trinajstić information content (AvgIpc) is 2.68. The molecule has 1 amide bonds. The fraction of sp³-hybridized carbons (Fsp3) is 0.263. The van der Waals surface area contributed by atoms with Gasteiger partial charge in [0.1, 0.15) is 5.75 Å². The zero-order chi connectivity index (χ0) is 18.8. The van der Waals surface area contributed by atoms with Crippen molar-refractivity contribution in [1.82, 2.24) is 5.43 Å². The smallest absolute Gasteiger partial charge is 0.250 e. The van der Waals surface area contributed by atoms with Crippen LogP contribution in [0.4, 0.5) is 0 Å². The van der Waals surface area contributed by atoms with Crippen molar-refractivity contribution in [2.75, 3.05) is 27.1 Å². The summed E-state index contributed by atoms with van der Waals surface area (Å²) in [4.78, 5) is 11.8. The number of carbonyl (C=O) groups excluding carboxylic acids is 1. The minimum absolute atomic E-state index is 0.153. The van der Waals surface area contributed by atoms with Gasteiger partial charge in [-0.25, -0.2) is 5.43 Å². The summed E-state index contributed by atoms with van der Waals surface area (Å²) in [5.41, 5.74) is 4.46. The molecule has 2 rings (SSSR count). The van der Waals surface area contributed by atoms with Crippen LogP contribution in [0.25, 0.3) is 0 Å². The lowest BCUT2D eigenvalue weighted by molar-refractivity contribution is -0.118. The van der Waals surface area contributed by atoms with E-state index in [0.717, 1.165) is 22.6 Å². The minimum atomic E-state index is -0.153. The molecule has 26 heavy (non-hydrogen) atoms. The maximum absolute atomic E-state index is 11.8. The van der Waals surface area contributed by atoms with E-state index in [4.69, 9.17) is 14.2 Å². The summed E-state index contributed by atoms with van der Waals surface area (Å²) in [5, 5.41) is 3.97. The predicted molar refractivity (Wildman–Crippen MR) is 104 cm³/mol. The van der Waals surface area contributed by atoms with Crippen LogP contribution in [-0.2, 0) is 10.5 Å². The van der Waals surface area contributed by atoms with Crippen molar-refractivity contribution in [2.24, 2.45) is 5.10 Å². The molecular weight excluding hydrogens is 352 g/mol. The monoisotopic (exact) mass is 374 g/mol. The van der Waals surface area contributed by atoms with Gasteiger partial charge in [-0.15, -0.1) is 11.8 Å². The Kier molecular flexibility index (Phi) is 7.82. The number of hydrogen-bond donors (Lipinski definition) is 1. The summed E-state index contributed by atoms with van der Waals surface area (Å²) in [6.07, 6.45) is 1.56. The van der Waals surface area contributed by atoms with Crippen LogP contribution >= 0.6 is 11.8 Å². The second-order valence-electron chi connectivity index (χ2n) is 5.25. The lowest BCUT2D eigenvalue weighted by Crippen LogP contribution is -2.19. The van der Waals surface area contributed by atoms with E-state index in [1.165, 1.54) is 11.8 Å². The van der Waals surface area contributed by atoms with Crippen LogP contribution in [0.3, 0.4) is 0 Å². The Morgan fingerprint density at radius 2 is 1.77 bits per heavy atom. The molecule has 2 aromatic carbocycles. The minimum Gasteiger partial charge on any atom is -0.497 e. The van der Waals surface area contributed by atoms with Gasteiger partial charge in [-0.2, -0.15) is 5.10 Å². The molecule has 2 aromatic rings. The van der Waals surface area contributed by atoms with Crippen LogP contribution in [0.5, 0.6) is 17.2 Å². The van der Waals surface area contributed by atoms with Gasteiger partial charge in [0, 0.05) is 5.75 Å². The van der Waals surface area contributed by atoms with Crippen LogP contribution in [0, 0.1) is 0 Å². The summed E-state index contributed by atoms with van der Waals surface area (Å²) >= 11 is 1.52. The number of nitrogens with one attached hydrogen (secondary N) is 1. The van der Waals surface area contributed by atoms with Gasteiger partial charge in [0.05, 0.1) is 33.3 Å². The number of nitrogens with zero attached hydrogens (tertiary/aromatic N) is 1. The molecule has 0 radical (unpaired) electrons. The highest BCUT2D eigenvalue weighted by molar-refractivity contribution is 7.99. The number of carbonyl (C=O) groups is 1. The van der Waals surface area contributed by atoms with Crippen molar-refractivity contribution in [3.05, 3.63) is 53.6 Å². The largest absolute Gasteiger partial charge is 0.497 e. The predicted octanol–water partition coefficient (Wildman–Crippen LogP) is 3.10. The van der Waals surface area contributed by atoms with Crippen molar-refractivity contribution >= 4 is 23.9 Å². The summed E-state index contributed by atoms with van der Waals surface area (Å²) in [7, 11) is 4.78. The van der Waals surface area contributed by atoms with Gasteiger partial charge in [-0.05, 0) is 41.5 Å². The van der Waals surface area contributed by atoms with Crippen LogP contribution in [0.1, 0.15) is 11.1 Å². The molecule has 0 fully saturated rings. The van der Waals surface area contributed by atoms with Crippen LogP contribution in [0.15, 0.2) is 47.6 Å². The fourth-order valence-electron chi connectivity index (χ4n) is 2.13. The Labute approximate surface area is 157 Å². The molecule has 6 nitrogen and oxygen atoms in total. The molecule has 0 aliphatic rings. The number of hydrazone groups is 1. The average molecular weight is 374 g/mol. The molecule has 138 valence electrons. The quantitative estimate of drug-likeness (QED) is 0.540. The number of thioether (sulfide) groups is 1. The highest BCUT2D eigenvalue weighted by atomic mass is 32.2. The van der Waals surface area contributed by atoms with Gasteiger partial charge >= 0.3 is 0 Å². The number of hydrogen-bond acceptors (Lipinski definition) is 6. The Hall–Kier alpha value is -2.67. The third kappa shape index (κ3) is 6.00. The molecule has 0 unspecified atom stereocenters. The maximum atomic E-state index is 11.8. The molecule has 0 spiro atoms. The van der Waals surface area contributed by atoms with Crippen molar-refractivity contribution < 1.29 is 19.0 Å². The summed E-state index contributed by atoms with van der Waals surface area (Å²) in [5.74, 6) is 2.99. The normalized spacial score (nSPS) is 10.6. The van der Waals surface area contributed by atoms with Crippen LogP contribution in [0.2, 0.25) is 0 Å². The van der Waals surface area contributed by atoms with E-state index in [1.54, 1.807) is 39.7 Å². The molecule has 0 saturated carbocycles. The molecular formula is C19H22N2O4S. The number of methoxy groups -OCH3 is 3. The van der Waals surface area contributed by atoms with E-state index < -0.39 is 0 Å². The number of amides is 1. The first-order chi connectivity index (χ1) is 12.7. The molecule has 0 aliphatic heterocycles. The van der Waals surface area contributed by atoms with Gasteiger partial charge in [0.25, 0.3) is 0 Å². The number of ether oxygens (including phenoxy) is 3.